The Morgan fingerprint density at radius 1 is 1.17 bits per heavy atom. The SMILES string of the molecule is CCC(=Cc1ccno1)c1cc2c(cc1C)C(C)(C)CC2(C)C. The van der Waals surface area contributed by atoms with E-state index in [0.29, 0.717) is 0 Å². The van der Waals surface area contributed by atoms with E-state index in [9.17, 15) is 0 Å². The van der Waals surface area contributed by atoms with Crippen LogP contribution in [0.4, 0.5) is 0 Å². The number of nitrogens with zero attached hydrogens (tertiary/aromatic N) is 1. The molecule has 2 heteroatoms. The van der Waals surface area contributed by atoms with Crippen LogP contribution in [0.25, 0.3) is 11.6 Å². The molecular weight excluding hydrogens is 282 g/mol. The van der Waals surface area contributed by atoms with Crippen LogP contribution >= 0.6 is 0 Å². The van der Waals surface area contributed by atoms with Crippen molar-refractivity contribution in [2.24, 2.45) is 0 Å². The highest BCUT2D eigenvalue weighted by atomic mass is 16.5. The highest BCUT2D eigenvalue weighted by molar-refractivity contribution is 5.82. The summed E-state index contributed by atoms with van der Waals surface area (Å²) < 4.78 is 5.27. The smallest absolute Gasteiger partial charge is 0.159 e. The molecule has 0 atom stereocenters. The van der Waals surface area contributed by atoms with Gasteiger partial charge in [-0.2, -0.15) is 0 Å². The third-order valence-corrected chi connectivity index (χ3v) is 5.21. The fourth-order valence-electron chi connectivity index (χ4n) is 4.31. The van der Waals surface area contributed by atoms with Gasteiger partial charge in [0.15, 0.2) is 5.76 Å². The second-order valence-electron chi connectivity index (χ2n) is 8.10. The molecule has 2 nitrogen and oxygen atoms in total. The molecule has 0 amide bonds. The van der Waals surface area contributed by atoms with Crippen LogP contribution in [0.1, 0.15) is 75.5 Å². The Hall–Kier alpha value is -1.83. The summed E-state index contributed by atoms with van der Waals surface area (Å²) in [7, 11) is 0. The molecule has 0 saturated carbocycles. The van der Waals surface area contributed by atoms with E-state index in [1.807, 2.05) is 6.07 Å². The summed E-state index contributed by atoms with van der Waals surface area (Å²) in [4.78, 5) is 0. The van der Waals surface area contributed by atoms with Crippen molar-refractivity contribution in [1.82, 2.24) is 5.16 Å². The minimum atomic E-state index is 0.229. The van der Waals surface area contributed by atoms with E-state index in [-0.39, 0.29) is 10.8 Å². The van der Waals surface area contributed by atoms with Crippen LogP contribution in [0.2, 0.25) is 0 Å². The van der Waals surface area contributed by atoms with Gasteiger partial charge in [-0.3, -0.25) is 0 Å². The predicted octanol–water partition coefficient (Wildman–Crippen LogP) is 5.89. The van der Waals surface area contributed by atoms with Crippen molar-refractivity contribution in [3.8, 4) is 0 Å². The van der Waals surface area contributed by atoms with E-state index in [2.05, 4.69) is 64.9 Å². The third-order valence-electron chi connectivity index (χ3n) is 5.21. The molecule has 0 saturated heterocycles. The van der Waals surface area contributed by atoms with Crippen molar-refractivity contribution in [1.29, 1.82) is 0 Å². The third kappa shape index (κ3) is 2.75. The number of aromatic nitrogens is 1. The largest absolute Gasteiger partial charge is 0.357 e. The average Bonchev–Trinajstić information content (AvgIpc) is 3.01. The maximum absolute atomic E-state index is 5.27. The first kappa shape index (κ1) is 16.0. The summed E-state index contributed by atoms with van der Waals surface area (Å²) in [6, 6.07) is 6.74. The van der Waals surface area contributed by atoms with Crippen molar-refractivity contribution >= 4 is 11.6 Å². The van der Waals surface area contributed by atoms with Gasteiger partial charge in [-0.05, 0) is 64.5 Å². The molecule has 0 unspecified atom stereocenters. The zero-order valence-corrected chi connectivity index (χ0v) is 15.2. The monoisotopic (exact) mass is 309 g/mol. The van der Waals surface area contributed by atoms with Gasteiger partial charge in [0.05, 0.1) is 6.20 Å². The Morgan fingerprint density at radius 3 is 2.39 bits per heavy atom. The van der Waals surface area contributed by atoms with Gasteiger partial charge >= 0.3 is 0 Å². The second-order valence-corrected chi connectivity index (χ2v) is 8.10. The Labute approximate surface area is 139 Å². The lowest BCUT2D eigenvalue weighted by molar-refractivity contribution is 0.403. The maximum atomic E-state index is 5.27. The molecular formula is C21H27NO. The molecule has 1 aromatic carbocycles. The van der Waals surface area contributed by atoms with Gasteiger partial charge < -0.3 is 4.52 Å². The molecule has 0 N–H and O–H groups in total. The Bertz CT molecular complexity index is 748. The summed E-state index contributed by atoms with van der Waals surface area (Å²) in [5.41, 5.74) is 7.49. The first-order valence-corrected chi connectivity index (χ1v) is 8.52. The number of benzene rings is 1. The van der Waals surface area contributed by atoms with Gasteiger partial charge in [0, 0.05) is 6.07 Å². The molecule has 0 bridgehead atoms. The molecule has 1 heterocycles. The van der Waals surface area contributed by atoms with Crippen LogP contribution in [0.3, 0.4) is 0 Å². The molecule has 1 aliphatic carbocycles. The standard InChI is InChI=1S/C21H27NO/c1-7-15(11-16-8-9-22-23-16)17-12-19-18(10-14(17)2)20(3,4)13-21(19,5)6/h8-12H,7,13H2,1-6H3. The number of hydrogen-bond acceptors (Lipinski definition) is 2. The lowest BCUT2D eigenvalue weighted by Crippen LogP contribution is -2.18. The van der Waals surface area contributed by atoms with Crippen molar-refractivity contribution in [3.05, 3.63) is 52.4 Å². The van der Waals surface area contributed by atoms with Gasteiger partial charge in [0.2, 0.25) is 0 Å². The quantitative estimate of drug-likeness (QED) is 0.706. The van der Waals surface area contributed by atoms with E-state index in [0.717, 1.165) is 12.2 Å². The van der Waals surface area contributed by atoms with Crippen LogP contribution < -0.4 is 0 Å². The van der Waals surface area contributed by atoms with Crippen molar-refractivity contribution in [2.45, 2.75) is 65.2 Å². The molecule has 0 aliphatic heterocycles. The number of hydrogen-bond donors (Lipinski definition) is 0. The number of rotatable bonds is 3. The average molecular weight is 309 g/mol. The van der Waals surface area contributed by atoms with Crippen LogP contribution in [0.5, 0.6) is 0 Å². The molecule has 0 fully saturated rings. The lowest BCUT2D eigenvalue weighted by atomic mass is 9.82. The zero-order valence-electron chi connectivity index (χ0n) is 15.2. The molecule has 23 heavy (non-hydrogen) atoms. The number of aryl methyl sites for hydroxylation is 1. The van der Waals surface area contributed by atoms with Crippen molar-refractivity contribution in [3.63, 3.8) is 0 Å². The maximum Gasteiger partial charge on any atom is 0.159 e. The molecule has 1 aliphatic rings. The summed E-state index contributed by atoms with van der Waals surface area (Å²) in [5, 5.41) is 3.81. The zero-order chi connectivity index (χ0) is 16.8. The molecule has 1 aromatic heterocycles. The molecule has 0 spiro atoms. The molecule has 3 rings (SSSR count). The Kier molecular flexibility index (Phi) is 3.74. The summed E-state index contributed by atoms with van der Waals surface area (Å²) in [6.07, 6.45) is 5.99. The van der Waals surface area contributed by atoms with Crippen molar-refractivity contribution in [2.75, 3.05) is 0 Å². The van der Waals surface area contributed by atoms with Gasteiger partial charge in [0.25, 0.3) is 0 Å². The minimum Gasteiger partial charge on any atom is -0.357 e. The fourth-order valence-corrected chi connectivity index (χ4v) is 4.31. The topological polar surface area (TPSA) is 26.0 Å². The summed E-state index contributed by atoms with van der Waals surface area (Å²) >= 11 is 0. The lowest BCUT2D eigenvalue weighted by Gasteiger charge is -2.22. The Morgan fingerprint density at radius 2 is 1.83 bits per heavy atom. The highest BCUT2D eigenvalue weighted by Crippen LogP contribution is 2.50. The molecule has 122 valence electrons. The van der Waals surface area contributed by atoms with Crippen LogP contribution in [0, 0.1) is 6.92 Å². The second kappa shape index (κ2) is 5.36. The number of allylic oxidation sites excluding steroid dienone is 1. The van der Waals surface area contributed by atoms with Crippen LogP contribution in [-0.4, -0.2) is 5.16 Å². The molecule has 0 radical (unpaired) electrons. The van der Waals surface area contributed by atoms with E-state index in [4.69, 9.17) is 4.52 Å². The van der Waals surface area contributed by atoms with E-state index in [1.165, 1.54) is 34.2 Å². The van der Waals surface area contributed by atoms with E-state index in [1.54, 1.807) is 6.20 Å². The minimum absolute atomic E-state index is 0.229. The number of fused-ring (bicyclic) bond motifs is 1. The first-order valence-electron chi connectivity index (χ1n) is 8.52. The van der Waals surface area contributed by atoms with E-state index >= 15 is 0 Å². The predicted molar refractivity (Wildman–Crippen MR) is 96.5 cm³/mol. The van der Waals surface area contributed by atoms with Gasteiger partial charge in [0.1, 0.15) is 0 Å². The van der Waals surface area contributed by atoms with Crippen molar-refractivity contribution < 1.29 is 4.52 Å². The Balaban J connectivity index is 2.15. The normalized spacial score (nSPS) is 19.0. The highest BCUT2D eigenvalue weighted by Gasteiger charge is 2.42. The van der Waals surface area contributed by atoms with Gasteiger partial charge in [-0.15, -0.1) is 0 Å². The molecule has 2 aromatic rings. The summed E-state index contributed by atoms with van der Waals surface area (Å²) in [6.45, 7) is 13.9. The van der Waals surface area contributed by atoms with Crippen LogP contribution in [-0.2, 0) is 10.8 Å². The van der Waals surface area contributed by atoms with E-state index < -0.39 is 0 Å². The van der Waals surface area contributed by atoms with Gasteiger partial charge in [-0.1, -0.05) is 51.9 Å². The van der Waals surface area contributed by atoms with Crippen LogP contribution in [0.15, 0.2) is 28.9 Å². The fraction of sp³-hybridized carbons (Fsp3) is 0.476. The van der Waals surface area contributed by atoms with Gasteiger partial charge in [-0.25, -0.2) is 0 Å². The summed E-state index contributed by atoms with van der Waals surface area (Å²) in [5.74, 6) is 0.821. The first-order chi connectivity index (χ1) is 10.7.